The van der Waals surface area contributed by atoms with Gasteiger partial charge in [0.05, 0.1) is 12.5 Å². The quantitative estimate of drug-likeness (QED) is 0.246. The number of carbonyl (C=O) groups is 3. The molecule has 0 aromatic rings. The molecule has 0 heterocycles. The van der Waals surface area contributed by atoms with E-state index in [1.165, 1.54) is 6.92 Å². The van der Waals surface area contributed by atoms with Crippen LogP contribution in [0.25, 0.3) is 0 Å². The van der Waals surface area contributed by atoms with Crippen LogP contribution in [0.4, 0.5) is 4.79 Å². The molecule has 0 saturated heterocycles. The third kappa shape index (κ3) is 10.7. The Kier molecular flexibility index (Phi) is 10.6. The highest BCUT2D eigenvalue weighted by Gasteiger charge is 2.33. The van der Waals surface area contributed by atoms with Crippen LogP contribution in [-0.4, -0.2) is 49.9 Å². The normalized spacial score (nSPS) is 12.3. The lowest BCUT2D eigenvalue weighted by Gasteiger charge is -2.30. The van der Waals surface area contributed by atoms with Crippen molar-refractivity contribution in [3.63, 3.8) is 0 Å². The van der Waals surface area contributed by atoms with Crippen LogP contribution >= 0.6 is 0 Å². The fourth-order valence-corrected chi connectivity index (χ4v) is 2.02. The van der Waals surface area contributed by atoms with Gasteiger partial charge in [0, 0.05) is 11.1 Å². The van der Waals surface area contributed by atoms with E-state index in [9.17, 15) is 14.4 Å². The number of hydrogen-bond acceptors (Lipinski definition) is 7. The summed E-state index contributed by atoms with van der Waals surface area (Å²) in [5, 5.41) is 2.41. The van der Waals surface area contributed by atoms with Crippen LogP contribution in [0.3, 0.4) is 0 Å². The standard InChI is InChI=1S/C18H32N2O6/c1-12(2)11-14(18(5,6)19)16(22)25-9-10-26-17(23)20-7-8-24-15(21)13(3)4/h12,14H,3,7-11,19H2,1-2,4-6H3,(H,20,23). The Hall–Kier alpha value is -2.09. The molecule has 1 atom stereocenters. The van der Waals surface area contributed by atoms with Crippen LogP contribution in [0.2, 0.25) is 0 Å². The zero-order valence-corrected chi connectivity index (χ0v) is 16.4. The molecule has 0 radical (unpaired) electrons. The summed E-state index contributed by atoms with van der Waals surface area (Å²) in [7, 11) is 0. The van der Waals surface area contributed by atoms with Gasteiger partial charge in [0.1, 0.15) is 19.8 Å². The first-order valence-electron chi connectivity index (χ1n) is 8.64. The smallest absolute Gasteiger partial charge is 0.407 e. The van der Waals surface area contributed by atoms with Crippen molar-refractivity contribution in [2.75, 3.05) is 26.4 Å². The molecular formula is C18H32N2O6. The molecule has 8 nitrogen and oxygen atoms in total. The average Bonchev–Trinajstić information content (AvgIpc) is 2.51. The minimum atomic E-state index is -0.694. The highest BCUT2D eigenvalue weighted by Crippen LogP contribution is 2.23. The Bertz CT molecular complexity index is 496. The van der Waals surface area contributed by atoms with E-state index in [1.807, 2.05) is 13.8 Å². The predicted octanol–water partition coefficient (Wildman–Crippen LogP) is 1.77. The van der Waals surface area contributed by atoms with Gasteiger partial charge in [0.15, 0.2) is 0 Å². The summed E-state index contributed by atoms with van der Waals surface area (Å²) < 4.78 is 14.9. The molecule has 0 spiro atoms. The highest BCUT2D eigenvalue weighted by atomic mass is 16.6. The first-order valence-corrected chi connectivity index (χ1v) is 8.64. The van der Waals surface area contributed by atoms with E-state index in [0.29, 0.717) is 12.3 Å². The highest BCUT2D eigenvalue weighted by molar-refractivity contribution is 5.86. The average molecular weight is 372 g/mol. The largest absolute Gasteiger partial charge is 0.462 e. The maximum Gasteiger partial charge on any atom is 0.407 e. The number of rotatable bonds is 11. The van der Waals surface area contributed by atoms with E-state index in [-0.39, 0.29) is 31.9 Å². The molecule has 0 aliphatic heterocycles. The minimum Gasteiger partial charge on any atom is -0.462 e. The number of nitrogens with one attached hydrogen (secondary N) is 1. The van der Waals surface area contributed by atoms with E-state index in [4.69, 9.17) is 19.9 Å². The fraction of sp³-hybridized carbons (Fsp3) is 0.722. The molecule has 0 fully saturated rings. The summed E-state index contributed by atoms with van der Waals surface area (Å²) in [5.41, 5.74) is 5.64. The molecule has 0 aromatic carbocycles. The molecule has 150 valence electrons. The fourth-order valence-electron chi connectivity index (χ4n) is 2.02. The van der Waals surface area contributed by atoms with E-state index < -0.39 is 29.5 Å². The summed E-state index contributed by atoms with van der Waals surface area (Å²) in [6.07, 6.45) is -0.0719. The molecule has 1 amide bonds. The zero-order valence-electron chi connectivity index (χ0n) is 16.4. The van der Waals surface area contributed by atoms with Crippen LogP contribution in [-0.2, 0) is 23.8 Å². The first-order chi connectivity index (χ1) is 11.9. The van der Waals surface area contributed by atoms with Crippen molar-refractivity contribution in [1.82, 2.24) is 5.32 Å². The summed E-state index contributed by atoms with van der Waals surface area (Å²) in [4.78, 5) is 34.8. The van der Waals surface area contributed by atoms with Crippen molar-refractivity contribution in [3.8, 4) is 0 Å². The molecular weight excluding hydrogens is 340 g/mol. The van der Waals surface area contributed by atoms with Crippen molar-refractivity contribution in [2.24, 2.45) is 17.6 Å². The monoisotopic (exact) mass is 372 g/mol. The molecule has 8 heteroatoms. The third-order valence-corrected chi connectivity index (χ3v) is 3.40. The van der Waals surface area contributed by atoms with Gasteiger partial charge in [-0.2, -0.15) is 0 Å². The number of hydrogen-bond donors (Lipinski definition) is 2. The lowest BCUT2D eigenvalue weighted by atomic mass is 9.82. The zero-order chi connectivity index (χ0) is 20.3. The van der Waals surface area contributed by atoms with Crippen molar-refractivity contribution in [3.05, 3.63) is 12.2 Å². The number of carbonyl (C=O) groups excluding carboxylic acids is 3. The Morgan fingerprint density at radius 3 is 2.15 bits per heavy atom. The topological polar surface area (TPSA) is 117 Å². The molecule has 0 aromatic heterocycles. The van der Waals surface area contributed by atoms with Gasteiger partial charge in [0.25, 0.3) is 0 Å². The van der Waals surface area contributed by atoms with Crippen LogP contribution < -0.4 is 11.1 Å². The Morgan fingerprint density at radius 2 is 1.65 bits per heavy atom. The lowest BCUT2D eigenvalue weighted by Crippen LogP contribution is -2.46. The van der Waals surface area contributed by atoms with Gasteiger partial charge in [-0.15, -0.1) is 0 Å². The van der Waals surface area contributed by atoms with E-state index >= 15 is 0 Å². The molecule has 0 bridgehead atoms. The van der Waals surface area contributed by atoms with E-state index in [2.05, 4.69) is 11.9 Å². The molecule has 3 N–H and O–H groups in total. The summed E-state index contributed by atoms with van der Waals surface area (Å²) >= 11 is 0. The molecule has 1 unspecified atom stereocenters. The Balaban J connectivity index is 4.02. The van der Waals surface area contributed by atoms with Crippen LogP contribution in [0, 0.1) is 11.8 Å². The predicted molar refractivity (Wildman–Crippen MR) is 97.3 cm³/mol. The third-order valence-electron chi connectivity index (χ3n) is 3.40. The number of esters is 2. The second-order valence-corrected chi connectivity index (χ2v) is 7.15. The molecule has 0 aliphatic rings. The van der Waals surface area contributed by atoms with Crippen LogP contribution in [0.1, 0.15) is 41.0 Å². The summed E-state index contributed by atoms with van der Waals surface area (Å²) in [6.45, 7) is 12.5. The van der Waals surface area contributed by atoms with Gasteiger partial charge in [-0.05, 0) is 33.1 Å². The van der Waals surface area contributed by atoms with Crippen molar-refractivity contribution >= 4 is 18.0 Å². The lowest BCUT2D eigenvalue weighted by molar-refractivity contribution is -0.152. The summed E-state index contributed by atoms with van der Waals surface area (Å²) in [5.74, 6) is -1.05. The van der Waals surface area contributed by atoms with E-state index in [0.717, 1.165) is 0 Å². The maximum absolute atomic E-state index is 12.2. The maximum atomic E-state index is 12.2. The van der Waals surface area contributed by atoms with E-state index in [1.54, 1.807) is 13.8 Å². The Morgan fingerprint density at radius 1 is 1.08 bits per heavy atom. The molecule has 0 rings (SSSR count). The second-order valence-electron chi connectivity index (χ2n) is 7.15. The molecule has 0 saturated carbocycles. The second kappa shape index (κ2) is 11.5. The molecule has 26 heavy (non-hydrogen) atoms. The molecule has 0 aliphatic carbocycles. The number of ether oxygens (including phenoxy) is 3. The number of nitrogens with two attached hydrogens (primary N) is 1. The van der Waals surface area contributed by atoms with Gasteiger partial charge < -0.3 is 25.3 Å². The van der Waals surface area contributed by atoms with Crippen molar-refractivity contribution in [1.29, 1.82) is 0 Å². The van der Waals surface area contributed by atoms with Gasteiger partial charge in [0.2, 0.25) is 0 Å². The van der Waals surface area contributed by atoms with Gasteiger partial charge in [-0.1, -0.05) is 20.4 Å². The first kappa shape index (κ1) is 23.9. The van der Waals surface area contributed by atoms with Crippen LogP contribution in [0.5, 0.6) is 0 Å². The SMILES string of the molecule is C=C(C)C(=O)OCCNC(=O)OCCOC(=O)C(CC(C)C)C(C)(C)N. The Labute approximate surface area is 155 Å². The van der Waals surface area contributed by atoms with Crippen molar-refractivity contribution < 1.29 is 28.6 Å². The van der Waals surface area contributed by atoms with Gasteiger partial charge >= 0.3 is 18.0 Å². The number of alkyl carbamates (subject to hydrolysis) is 1. The van der Waals surface area contributed by atoms with Gasteiger partial charge in [-0.25, -0.2) is 9.59 Å². The van der Waals surface area contributed by atoms with Gasteiger partial charge in [-0.3, -0.25) is 4.79 Å². The number of amides is 1. The van der Waals surface area contributed by atoms with Crippen molar-refractivity contribution in [2.45, 2.75) is 46.6 Å². The van der Waals surface area contributed by atoms with Crippen LogP contribution in [0.15, 0.2) is 12.2 Å². The minimum absolute atomic E-state index is 0.0121. The summed E-state index contributed by atoms with van der Waals surface area (Å²) in [6, 6.07) is 0.